The Bertz CT molecular complexity index is 363. The van der Waals surface area contributed by atoms with Crippen LogP contribution >= 0.6 is 0 Å². The number of hydrogen-bond acceptors (Lipinski definition) is 5. The summed E-state index contributed by atoms with van der Waals surface area (Å²) in [6, 6.07) is 0.791. The minimum atomic E-state index is 0.617. The molecule has 0 aromatic carbocycles. The molecule has 2 unspecified atom stereocenters. The molecule has 1 aliphatic carbocycles. The van der Waals surface area contributed by atoms with Gasteiger partial charge in [0.1, 0.15) is 0 Å². The molecule has 0 amide bonds. The monoisotopic (exact) mass is 219 g/mol. The molecule has 3 N–H and O–H groups in total. The Morgan fingerprint density at radius 2 is 2.31 bits per heavy atom. The Morgan fingerprint density at radius 1 is 1.38 bits per heavy atom. The van der Waals surface area contributed by atoms with Crippen LogP contribution in [0.3, 0.4) is 0 Å². The highest BCUT2D eigenvalue weighted by Gasteiger charge is 2.37. The standard InChI is InChI=1S/C11H17N5/c12-15-11-5-13-9(4-14-11)7-16-6-8-1-2-10(16)3-8/h4-5,8,10H,1-3,6-7,12H2,(H,14,15). The number of piperidine rings is 1. The van der Waals surface area contributed by atoms with Crippen molar-refractivity contribution in [3.63, 3.8) is 0 Å². The number of hydrogen-bond donors (Lipinski definition) is 2. The number of nitrogens with one attached hydrogen (secondary N) is 1. The zero-order valence-electron chi connectivity index (χ0n) is 9.26. The zero-order valence-corrected chi connectivity index (χ0v) is 9.26. The smallest absolute Gasteiger partial charge is 0.158 e. The summed E-state index contributed by atoms with van der Waals surface area (Å²) in [6.07, 6.45) is 7.66. The Hall–Kier alpha value is -1.20. The van der Waals surface area contributed by atoms with Crippen molar-refractivity contribution in [1.82, 2.24) is 14.9 Å². The summed E-state index contributed by atoms with van der Waals surface area (Å²) in [5.74, 6) is 6.80. The first kappa shape index (κ1) is 9.99. The minimum absolute atomic E-state index is 0.617. The van der Waals surface area contributed by atoms with Gasteiger partial charge >= 0.3 is 0 Å². The van der Waals surface area contributed by atoms with Crippen molar-refractivity contribution in [2.45, 2.75) is 31.8 Å². The number of nitrogen functional groups attached to an aromatic ring is 1. The van der Waals surface area contributed by atoms with E-state index in [0.29, 0.717) is 5.82 Å². The van der Waals surface area contributed by atoms with Crippen LogP contribution in [0.25, 0.3) is 0 Å². The summed E-state index contributed by atoms with van der Waals surface area (Å²) < 4.78 is 0. The summed E-state index contributed by atoms with van der Waals surface area (Å²) >= 11 is 0. The molecule has 0 radical (unpaired) electrons. The van der Waals surface area contributed by atoms with E-state index >= 15 is 0 Å². The van der Waals surface area contributed by atoms with Crippen molar-refractivity contribution in [2.24, 2.45) is 11.8 Å². The van der Waals surface area contributed by atoms with Gasteiger partial charge in [-0.15, -0.1) is 0 Å². The Labute approximate surface area is 95.0 Å². The predicted octanol–water partition coefficient (Wildman–Crippen LogP) is 0.746. The molecule has 2 atom stereocenters. The highest BCUT2D eigenvalue weighted by atomic mass is 15.3. The summed E-state index contributed by atoms with van der Waals surface area (Å²) in [4.78, 5) is 11.1. The van der Waals surface area contributed by atoms with Crippen molar-refractivity contribution >= 4 is 5.82 Å². The first-order valence-electron chi connectivity index (χ1n) is 5.87. The van der Waals surface area contributed by atoms with Gasteiger partial charge in [0, 0.05) is 19.1 Å². The van der Waals surface area contributed by atoms with E-state index in [-0.39, 0.29) is 0 Å². The van der Waals surface area contributed by atoms with Gasteiger partial charge in [0.15, 0.2) is 5.82 Å². The largest absolute Gasteiger partial charge is 0.307 e. The Kier molecular flexibility index (Phi) is 2.49. The molecule has 1 aromatic heterocycles. The fraction of sp³-hybridized carbons (Fsp3) is 0.636. The lowest BCUT2D eigenvalue weighted by Crippen LogP contribution is -2.31. The van der Waals surface area contributed by atoms with E-state index in [9.17, 15) is 0 Å². The van der Waals surface area contributed by atoms with E-state index in [2.05, 4.69) is 20.3 Å². The van der Waals surface area contributed by atoms with Crippen molar-refractivity contribution in [3.05, 3.63) is 18.1 Å². The highest BCUT2D eigenvalue weighted by molar-refractivity contribution is 5.28. The SMILES string of the molecule is NNc1cnc(CN2CC3CCC2C3)cn1. The second-order valence-electron chi connectivity index (χ2n) is 4.80. The van der Waals surface area contributed by atoms with Crippen LogP contribution in [0.1, 0.15) is 25.0 Å². The van der Waals surface area contributed by atoms with E-state index in [4.69, 9.17) is 5.84 Å². The maximum absolute atomic E-state index is 5.25. The van der Waals surface area contributed by atoms with Gasteiger partial charge in [-0.3, -0.25) is 9.88 Å². The van der Waals surface area contributed by atoms with E-state index in [0.717, 1.165) is 24.2 Å². The number of rotatable bonds is 3. The first-order valence-corrected chi connectivity index (χ1v) is 5.87. The third-order valence-electron chi connectivity index (χ3n) is 3.74. The van der Waals surface area contributed by atoms with E-state index < -0.39 is 0 Å². The number of nitrogens with zero attached hydrogens (tertiary/aromatic N) is 3. The van der Waals surface area contributed by atoms with Crippen molar-refractivity contribution in [2.75, 3.05) is 12.0 Å². The molecule has 5 nitrogen and oxygen atoms in total. The summed E-state index contributed by atoms with van der Waals surface area (Å²) in [6.45, 7) is 2.17. The Morgan fingerprint density at radius 3 is 2.88 bits per heavy atom. The molecule has 2 aliphatic rings. The second kappa shape index (κ2) is 3.99. The van der Waals surface area contributed by atoms with Crippen LogP contribution in [0, 0.1) is 5.92 Å². The number of hydrazine groups is 1. The lowest BCUT2D eigenvalue weighted by atomic mass is 10.1. The van der Waals surface area contributed by atoms with Crippen LogP contribution < -0.4 is 11.3 Å². The van der Waals surface area contributed by atoms with Gasteiger partial charge in [0.2, 0.25) is 0 Å². The van der Waals surface area contributed by atoms with Crippen LogP contribution in [0.2, 0.25) is 0 Å². The van der Waals surface area contributed by atoms with Crippen molar-refractivity contribution in [1.29, 1.82) is 0 Å². The number of nitrogens with two attached hydrogens (primary N) is 1. The molecular weight excluding hydrogens is 202 g/mol. The van der Waals surface area contributed by atoms with Gasteiger partial charge in [0.05, 0.1) is 18.1 Å². The number of aromatic nitrogens is 2. The van der Waals surface area contributed by atoms with Gasteiger partial charge in [-0.2, -0.15) is 0 Å². The maximum atomic E-state index is 5.25. The molecule has 0 spiro atoms. The quantitative estimate of drug-likeness (QED) is 0.580. The molecule has 5 heteroatoms. The average Bonchev–Trinajstić information content (AvgIpc) is 2.92. The van der Waals surface area contributed by atoms with Gasteiger partial charge in [-0.05, 0) is 25.2 Å². The minimum Gasteiger partial charge on any atom is -0.307 e. The van der Waals surface area contributed by atoms with E-state index in [1.165, 1.54) is 25.8 Å². The molecule has 86 valence electrons. The van der Waals surface area contributed by atoms with Crippen molar-refractivity contribution in [3.8, 4) is 0 Å². The predicted molar refractivity (Wildman–Crippen MR) is 61.4 cm³/mol. The molecule has 2 heterocycles. The van der Waals surface area contributed by atoms with Crippen LogP contribution in [0.4, 0.5) is 5.82 Å². The molecule has 16 heavy (non-hydrogen) atoms. The summed E-state index contributed by atoms with van der Waals surface area (Å²) in [7, 11) is 0. The van der Waals surface area contributed by atoms with Crippen LogP contribution in [-0.2, 0) is 6.54 Å². The van der Waals surface area contributed by atoms with Crippen LogP contribution in [0.5, 0.6) is 0 Å². The molecule has 1 saturated heterocycles. The zero-order chi connectivity index (χ0) is 11.0. The van der Waals surface area contributed by atoms with Crippen molar-refractivity contribution < 1.29 is 0 Å². The van der Waals surface area contributed by atoms with Crippen LogP contribution in [-0.4, -0.2) is 27.5 Å². The Balaban J connectivity index is 1.65. The molecule has 1 aromatic rings. The second-order valence-corrected chi connectivity index (χ2v) is 4.80. The van der Waals surface area contributed by atoms with E-state index in [1.54, 1.807) is 12.4 Å². The van der Waals surface area contributed by atoms with Gasteiger partial charge in [-0.1, -0.05) is 0 Å². The fourth-order valence-corrected chi connectivity index (χ4v) is 2.94. The normalized spacial score (nSPS) is 28.6. The molecule has 3 rings (SSSR count). The fourth-order valence-electron chi connectivity index (χ4n) is 2.94. The first-order chi connectivity index (χ1) is 7.85. The van der Waals surface area contributed by atoms with Gasteiger partial charge in [-0.25, -0.2) is 10.8 Å². The highest BCUT2D eigenvalue weighted by Crippen LogP contribution is 2.37. The summed E-state index contributed by atoms with van der Waals surface area (Å²) in [5, 5.41) is 0. The van der Waals surface area contributed by atoms with Crippen LogP contribution in [0.15, 0.2) is 12.4 Å². The lowest BCUT2D eigenvalue weighted by Gasteiger charge is -2.26. The molecule has 1 aliphatic heterocycles. The number of anilines is 1. The molecule has 2 bridgehead atoms. The van der Waals surface area contributed by atoms with Gasteiger partial charge < -0.3 is 5.43 Å². The number of fused-ring (bicyclic) bond motifs is 2. The lowest BCUT2D eigenvalue weighted by molar-refractivity contribution is 0.203. The van der Waals surface area contributed by atoms with E-state index in [1.807, 2.05) is 0 Å². The number of likely N-dealkylation sites (tertiary alicyclic amines) is 1. The van der Waals surface area contributed by atoms with Gasteiger partial charge in [0.25, 0.3) is 0 Å². The third-order valence-corrected chi connectivity index (χ3v) is 3.74. The topological polar surface area (TPSA) is 67.1 Å². The maximum Gasteiger partial charge on any atom is 0.158 e. The third kappa shape index (κ3) is 1.76. The molecule has 2 fully saturated rings. The average molecular weight is 219 g/mol. The molecular formula is C11H17N5. The summed E-state index contributed by atoms with van der Waals surface area (Å²) in [5.41, 5.74) is 3.52. The molecule has 1 saturated carbocycles.